The molecule has 1 amide bonds. The summed E-state index contributed by atoms with van der Waals surface area (Å²) in [6.45, 7) is 0. The molecule has 2 aromatic rings. The number of benzene rings is 1. The lowest BCUT2D eigenvalue weighted by Gasteiger charge is -2.05. The Hall–Kier alpha value is -2.66. The topological polar surface area (TPSA) is 71.3 Å². The number of carbonyl (C=O) groups excluding carboxylic acids is 2. The van der Waals surface area contributed by atoms with Crippen LogP contribution in [0.4, 0.5) is 0 Å². The fourth-order valence-electron chi connectivity index (χ4n) is 2.04. The molecule has 0 spiro atoms. The molecular weight excluding hydrogens is 268 g/mol. The average Bonchev–Trinajstić information content (AvgIpc) is 2.87. The summed E-state index contributed by atoms with van der Waals surface area (Å²) in [4.78, 5) is 23.2. The molecule has 2 N–H and O–H groups in total. The zero-order chi connectivity index (χ0) is 15.2. The Morgan fingerprint density at radius 1 is 1.19 bits per heavy atom. The van der Waals surface area contributed by atoms with Gasteiger partial charge in [-0.1, -0.05) is 30.3 Å². The third-order valence-corrected chi connectivity index (χ3v) is 3.17. The molecule has 108 valence electrons. The quantitative estimate of drug-likeness (QED) is 0.381. The maximum atomic E-state index is 12.3. The number of nitrogens with zero attached hydrogens (tertiary/aromatic N) is 1. The fourth-order valence-corrected chi connectivity index (χ4v) is 2.04. The minimum atomic E-state index is -0.617. The van der Waals surface area contributed by atoms with Crippen LogP contribution in [0, 0.1) is 0 Å². The Morgan fingerprint density at radius 2 is 1.90 bits per heavy atom. The van der Waals surface area contributed by atoms with E-state index in [1.807, 2.05) is 30.3 Å². The summed E-state index contributed by atoms with van der Waals surface area (Å²) in [6.07, 6.45) is 3.06. The van der Waals surface area contributed by atoms with E-state index in [4.69, 9.17) is 5.21 Å². The largest absolute Gasteiger partial charge is 0.342 e. The molecule has 0 aliphatic rings. The summed E-state index contributed by atoms with van der Waals surface area (Å²) in [5.74, 6) is -0.608. The smallest absolute Gasteiger partial charge is 0.267 e. The van der Waals surface area contributed by atoms with Crippen molar-refractivity contribution >= 4 is 17.8 Å². The van der Waals surface area contributed by atoms with Crippen LogP contribution in [-0.2, 0) is 18.3 Å². The number of hydroxylamine groups is 1. The first-order chi connectivity index (χ1) is 10.1. The van der Waals surface area contributed by atoms with Crippen LogP contribution in [0.2, 0.25) is 0 Å². The predicted octanol–water partition coefficient (Wildman–Crippen LogP) is 1.97. The molecule has 0 bridgehead atoms. The molecule has 21 heavy (non-hydrogen) atoms. The summed E-state index contributed by atoms with van der Waals surface area (Å²) in [6, 6.07) is 13.0. The van der Waals surface area contributed by atoms with E-state index in [2.05, 4.69) is 0 Å². The van der Waals surface area contributed by atoms with Crippen LogP contribution in [0.25, 0.3) is 6.08 Å². The highest BCUT2D eigenvalue weighted by Crippen LogP contribution is 2.12. The molecule has 0 saturated carbocycles. The Morgan fingerprint density at radius 3 is 2.57 bits per heavy atom. The fraction of sp³-hybridized carbons (Fsp3) is 0.125. The highest BCUT2D eigenvalue weighted by Gasteiger charge is 2.12. The lowest BCUT2D eigenvalue weighted by molar-refractivity contribution is -0.124. The van der Waals surface area contributed by atoms with Crippen LogP contribution in [0.3, 0.4) is 0 Å². The summed E-state index contributed by atoms with van der Waals surface area (Å²) in [7, 11) is 1.76. The minimum absolute atomic E-state index is 0.00922. The predicted molar refractivity (Wildman–Crippen MR) is 78.9 cm³/mol. The van der Waals surface area contributed by atoms with E-state index < -0.39 is 5.91 Å². The zero-order valence-electron chi connectivity index (χ0n) is 11.6. The second kappa shape index (κ2) is 6.67. The summed E-state index contributed by atoms with van der Waals surface area (Å²) < 4.78 is 1.71. The molecule has 0 saturated heterocycles. The van der Waals surface area contributed by atoms with Gasteiger partial charge in [-0.3, -0.25) is 14.8 Å². The molecule has 1 aromatic heterocycles. The van der Waals surface area contributed by atoms with Gasteiger partial charge < -0.3 is 4.57 Å². The first-order valence-electron chi connectivity index (χ1n) is 6.47. The maximum absolute atomic E-state index is 12.3. The van der Waals surface area contributed by atoms with Crippen molar-refractivity contribution in [2.75, 3.05) is 0 Å². The molecule has 1 aromatic carbocycles. The van der Waals surface area contributed by atoms with E-state index in [9.17, 15) is 9.59 Å². The van der Waals surface area contributed by atoms with Gasteiger partial charge in [-0.05, 0) is 23.8 Å². The Balaban J connectivity index is 2.14. The SMILES string of the molecule is Cn1c(/C=C/C(=O)NO)ccc1C(=O)Cc1ccccc1. The van der Waals surface area contributed by atoms with E-state index in [1.165, 1.54) is 17.6 Å². The first kappa shape index (κ1) is 14.7. The molecule has 0 aliphatic heterocycles. The Bertz CT molecular complexity index is 672. The van der Waals surface area contributed by atoms with Crippen molar-refractivity contribution in [2.24, 2.45) is 7.05 Å². The second-order valence-corrected chi connectivity index (χ2v) is 4.60. The van der Waals surface area contributed by atoms with Gasteiger partial charge in [-0.25, -0.2) is 5.48 Å². The number of carbonyl (C=O) groups is 2. The highest BCUT2D eigenvalue weighted by atomic mass is 16.5. The van der Waals surface area contributed by atoms with E-state index in [1.54, 1.807) is 23.7 Å². The lowest BCUT2D eigenvalue weighted by atomic mass is 10.1. The standard InChI is InChI=1S/C16H16N2O3/c1-18-13(8-10-16(20)17-21)7-9-14(18)15(19)11-12-5-3-2-4-6-12/h2-10,21H,11H2,1H3,(H,17,20)/b10-8+. The summed E-state index contributed by atoms with van der Waals surface area (Å²) in [5, 5.41) is 8.43. The molecule has 5 heteroatoms. The molecule has 0 fully saturated rings. The molecule has 0 aliphatic carbocycles. The van der Waals surface area contributed by atoms with Gasteiger partial charge in [0, 0.05) is 25.2 Å². The van der Waals surface area contributed by atoms with Gasteiger partial charge in [0.1, 0.15) is 0 Å². The second-order valence-electron chi connectivity index (χ2n) is 4.60. The van der Waals surface area contributed by atoms with E-state index in [0.717, 1.165) is 5.56 Å². The van der Waals surface area contributed by atoms with E-state index in [-0.39, 0.29) is 5.78 Å². The van der Waals surface area contributed by atoms with Crippen molar-refractivity contribution in [3.8, 4) is 0 Å². The number of hydrogen-bond acceptors (Lipinski definition) is 3. The van der Waals surface area contributed by atoms with Crippen LogP contribution in [0.15, 0.2) is 48.5 Å². The van der Waals surface area contributed by atoms with Crippen LogP contribution < -0.4 is 5.48 Å². The number of rotatable bonds is 5. The average molecular weight is 284 g/mol. The Kier molecular flexibility index (Phi) is 4.68. The van der Waals surface area contributed by atoms with Gasteiger partial charge in [0.25, 0.3) is 5.91 Å². The van der Waals surface area contributed by atoms with Crippen LogP contribution >= 0.6 is 0 Å². The van der Waals surface area contributed by atoms with Crippen molar-refractivity contribution in [3.05, 3.63) is 65.5 Å². The van der Waals surface area contributed by atoms with Gasteiger partial charge in [0.2, 0.25) is 0 Å². The van der Waals surface area contributed by atoms with Crippen molar-refractivity contribution in [1.82, 2.24) is 10.0 Å². The number of Topliss-reactive ketones (excluding diaryl/α,β-unsaturated/α-hetero) is 1. The van der Waals surface area contributed by atoms with Gasteiger partial charge in [-0.15, -0.1) is 0 Å². The lowest BCUT2D eigenvalue weighted by Crippen LogP contribution is -2.15. The monoisotopic (exact) mass is 284 g/mol. The number of hydrogen-bond donors (Lipinski definition) is 2. The molecular formula is C16H16N2O3. The van der Waals surface area contributed by atoms with Crippen molar-refractivity contribution in [3.63, 3.8) is 0 Å². The first-order valence-corrected chi connectivity index (χ1v) is 6.47. The maximum Gasteiger partial charge on any atom is 0.267 e. The third-order valence-electron chi connectivity index (χ3n) is 3.17. The third kappa shape index (κ3) is 3.67. The minimum Gasteiger partial charge on any atom is -0.342 e. The van der Waals surface area contributed by atoms with Crippen LogP contribution in [0.1, 0.15) is 21.7 Å². The normalized spacial score (nSPS) is 10.8. The molecule has 2 rings (SSSR count). The zero-order valence-corrected chi connectivity index (χ0v) is 11.6. The number of ketones is 1. The van der Waals surface area contributed by atoms with Gasteiger partial charge in [0.15, 0.2) is 5.78 Å². The Labute approximate surface area is 122 Å². The number of nitrogens with one attached hydrogen (secondary N) is 1. The van der Waals surface area contributed by atoms with Gasteiger partial charge in [0.05, 0.1) is 5.69 Å². The summed E-state index contributed by atoms with van der Waals surface area (Å²) in [5.41, 5.74) is 3.75. The molecule has 0 radical (unpaired) electrons. The van der Waals surface area contributed by atoms with Crippen molar-refractivity contribution in [1.29, 1.82) is 0 Å². The summed E-state index contributed by atoms with van der Waals surface area (Å²) >= 11 is 0. The molecule has 0 unspecified atom stereocenters. The molecule has 1 heterocycles. The van der Waals surface area contributed by atoms with Gasteiger partial charge >= 0.3 is 0 Å². The van der Waals surface area contributed by atoms with Crippen LogP contribution in [-0.4, -0.2) is 21.5 Å². The van der Waals surface area contributed by atoms with Crippen molar-refractivity contribution in [2.45, 2.75) is 6.42 Å². The molecule has 5 nitrogen and oxygen atoms in total. The van der Waals surface area contributed by atoms with Crippen molar-refractivity contribution < 1.29 is 14.8 Å². The number of aromatic nitrogens is 1. The van der Waals surface area contributed by atoms with E-state index in [0.29, 0.717) is 17.8 Å². The van der Waals surface area contributed by atoms with Crippen LogP contribution in [0.5, 0.6) is 0 Å². The number of amides is 1. The molecule has 0 atom stereocenters. The van der Waals surface area contributed by atoms with Gasteiger partial charge in [-0.2, -0.15) is 0 Å². The van der Waals surface area contributed by atoms with E-state index >= 15 is 0 Å². The highest BCUT2D eigenvalue weighted by molar-refractivity contribution is 5.97.